The Morgan fingerprint density at radius 1 is 0.864 bits per heavy atom. The molecule has 1 aliphatic heterocycles. The third-order valence-corrected chi connectivity index (χ3v) is 3.45. The van der Waals surface area contributed by atoms with E-state index in [0.29, 0.717) is 0 Å². The van der Waals surface area contributed by atoms with E-state index in [-0.39, 0.29) is 11.6 Å². The van der Waals surface area contributed by atoms with Gasteiger partial charge >= 0.3 is 11.7 Å². The summed E-state index contributed by atoms with van der Waals surface area (Å²) >= 11 is 5.54. The summed E-state index contributed by atoms with van der Waals surface area (Å²) in [6.45, 7) is 0. The van der Waals surface area contributed by atoms with Gasteiger partial charge in [-0.15, -0.1) is 0 Å². The van der Waals surface area contributed by atoms with Gasteiger partial charge in [-0.25, -0.2) is 9.59 Å². The second kappa shape index (κ2) is 6.56. The van der Waals surface area contributed by atoms with E-state index < -0.39 is 29.1 Å². The van der Waals surface area contributed by atoms with Gasteiger partial charge in [0.25, 0.3) is 5.56 Å². The van der Waals surface area contributed by atoms with Crippen LogP contribution in [0.4, 0.5) is 4.79 Å². The molecule has 1 aromatic rings. The fourth-order valence-electron chi connectivity index (χ4n) is 1.51. The zero-order valence-corrected chi connectivity index (χ0v) is 13.2. The third kappa shape index (κ3) is 3.42. The van der Waals surface area contributed by atoms with Crippen LogP contribution in [0.15, 0.2) is 15.7 Å². The highest BCUT2D eigenvalue weighted by atomic mass is 35.5. The summed E-state index contributed by atoms with van der Waals surface area (Å²) < 4.78 is 2.19. The fraction of sp³-hybridized carbons (Fsp3) is 0.417. The van der Waals surface area contributed by atoms with Gasteiger partial charge in [0.1, 0.15) is 11.6 Å². The molecule has 22 heavy (non-hydrogen) atoms. The molecule has 10 heteroatoms. The molecule has 0 saturated carbocycles. The van der Waals surface area contributed by atoms with Gasteiger partial charge in [0, 0.05) is 34.3 Å². The van der Waals surface area contributed by atoms with Crippen LogP contribution in [0.3, 0.4) is 0 Å². The van der Waals surface area contributed by atoms with Gasteiger partial charge in [-0.1, -0.05) is 11.6 Å². The van der Waals surface area contributed by atoms with Crippen molar-refractivity contribution in [1.29, 1.82) is 0 Å². The van der Waals surface area contributed by atoms with E-state index in [1.54, 1.807) is 0 Å². The minimum atomic E-state index is -0.564. The van der Waals surface area contributed by atoms with Crippen molar-refractivity contribution in [2.45, 2.75) is 6.42 Å². The minimum absolute atomic E-state index is 0.151. The summed E-state index contributed by atoms with van der Waals surface area (Å²) in [6, 6.07) is 0.634. The maximum Gasteiger partial charge on any atom is 0.332 e. The molecule has 9 nitrogen and oxygen atoms in total. The second-order valence-electron chi connectivity index (χ2n) is 4.57. The van der Waals surface area contributed by atoms with Crippen LogP contribution in [-0.4, -0.2) is 50.9 Å². The highest BCUT2D eigenvalue weighted by Gasteiger charge is 2.32. The van der Waals surface area contributed by atoms with Crippen molar-refractivity contribution in [3.05, 3.63) is 32.1 Å². The first kappa shape index (κ1) is 17.6. The van der Waals surface area contributed by atoms with Gasteiger partial charge in [0.05, 0.1) is 0 Å². The number of carbonyl (C=O) groups excluding carboxylic acids is 3. The van der Waals surface area contributed by atoms with Crippen LogP contribution in [0.2, 0.25) is 5.15 Å². The molecule has 0 radical (unpaired) electrons. The highest BCUT2D eigenvalue weighted by Crippen LogP contribution is 2.06. The highest BCUT2D eigenvalue weighted by molar-refractivity contribution is 6.29. The van der Waals surface area contributed by atoms with E-state index in [0.717, 1.165) is 14.4 Å². The lowest BCUT2D eigenvalue weighted by molar-refractivity contribution is -0.140. The molecule has 0 unspecified atom stereocenters. The molecular formula is C12H15ClN4O5. The predicted octanol–water partition coefficient (Wildman–Crippen LogP) is -0.836. The van der Waals surface area contributed by atoms with Crippen LogP contribution in [0.1, 0.15) is 6.42 Å². The van der Waals surface area contributed by atoms with Crippen LogP contribution in [0, 0.1) is 0 Å². The molecule has 1 fully saturated rings. The van der Waals surface area contributed by atoms with Crippen LogP contribution in [0.5, 0.6) is 0 Å². The SMILES string of the molecule is CN1C(=O)CC(=O)N(C)C1=O.Cn1c(Cl)cc(=O)n(C)c1=O. The molecule has 4 amide bonds. The number of aromatic nitrogens is 2. The average Bonchev–Trinajstić information content (AvgIpc) is 2.47. The van der Waals surface area contributed by atoms with E-state index >= 15 is 0 Å². The van der Waals surface area contributed by atoms with Crippen molar-refractivity contribution in [2.24, 2.45) is 14.1 Å². The Morgan fingerprint density at radius 2 is 1.32 bits per heavy atom. The molecular weight excluding hydrogens is 316 g/mol. The van der Waals surface area contributed by atoms with Gasteiger partial charge in [-0.2, -0.15) is 0 Å². The number of hydrogen-bond donors (Lipinski definition) is 0. The van der Waals surface area contributed by atoms with E-state index in [4.69, 9.17) is 11.6 Å². The Balaban J connectivity index is 0.000000220. The summed E-state index contributed by atoms with van der Waals surface area (Å²) in [4.78, 5) is 56.4. The Hall–Kier alpha value is -2.42. The van der Waals surface area contributed by atoms with Crippen LogP contribution in [-0.2, 0) is 23.7 Å². The summed E-state index contributed by atoms with van der Waals surface area (Å²) in [5.74, 6) is -0.892. The lowest BCUT2D eigenvalue weighted by Gasteiger charge is -2.26. The molecule has 0 spiro atoms. The zero-order chi connectivity index (χ0) is 17.2. The van der Waals surface area contributed by atoms with Gasteiger partial charge in [-0.3, -0.25) is 33.3 Å². The van der Waals surface area contributed by atoms with Crippen molar-refractivity contribution >= 4 is 29.4 Å². The van der Waals surface area contributed by atoms with Crippen LogP contribution in [0.25, 0.3) is 0 Å². The molecule has 0 aromatic carbocycles. The molecule has 0 bridgehead atoms. The topological polar surface area (TPSA) is 102 Å². The number of barbiturate groups is 1. The Bertz CT molecular complexity index is 729. The predicted molar refractivity (Wildman–Crippen MR) is 77.5 cm³/mol. The minimum Gasteiger partial charge on any atom is -0.287 e. The molecule has 120 valence electrons. The molecule has 2 rings (SSSR count). The Morgan fingerprint density at radius 3 is 1.77 bits per heavy atom. The van der Waals surface area contributed by atoms with E-state index in [1.165, 1.54) is 38.8 Å². The number of amides is 4. The summed E-state index contributed by atoms with van der Waals surface area (Å²) in [6.07, 6.45) is -0.210. The second-order valence-corrected chi connectivity index (χ2v) is 4.96. The molecule has 0 atom stereocenters. The van der Waals surface area contributed by atoms with E-state index in [9.17, 15) is 24.0 Å². The average molecular weight is 331 g/mol. The molecule has 2 heterocycles. The number of rotatable bonds is 0. The van der Waals surface area contributed by atoms with Crippen molar-refractivity contribution < 1.29 is 14.4 Å². The summed E-state index contributed by atoms with van der Waals surface area (Å²) in [5, 5.41) is 0.151. The normalized spacial score (nSPS) is 14.9. The maximum atomic E-state index is 11.1. The van der Waals surface area contributed by atoms with Gasteiger partial charge in [-0.05, 0) is 0 Å². The monoisotopic (exact) mass is 330 g/mol. The van der Waals surface area contributed by atoms with Crippen molar-refractivity contribution in [2.75, 3.05) is 14.1 Å². The first-order valence-corrected chi connectivity index (χ1v) is 6.45. The molecule has 1 aromatic heterocycles. The third-order valence-electron chi connectivity index (χ3n) is 3.09. The zero-order valence-electron chi connectivity index (χ0n) is 12.5. The first-order chi connectivity index (χ1) is 10.1. The van der Waals surface area contributed by atoms with E-state index in [1.807, 2.05) is 0 Å². The van der Waals surface area contributed by atoms with Crippen molar-refractivity contribution in [1.82, 2.24) is 18.9 Å². The van der Waals surface area contributed by atoms with Crippen molar-refractivity contribution in [3.8, 4) is 0 Å². The molecule has 1 saturated heterocycles. The fourth-order valence-corrected chi connectivity index (χ4v) is 1.68. The van der Waals surface area contributed by atoms with Gasteiger partial charge in [0.2, 0.25) is 11.8 Å². The van der Waals surface area contributed by atoms with Crippen molar-refractivity contribution in [3.63, 3.8) is 0 Å². The largest absolute Gasteiger partial charge is 0.332 e. The number of imide groups is 2. The van der Waals surface area contributed by atoms with Crippen LogP contribution >= 0.6 is 11.6 Å². The van der Waals surface area contributed by atoms with Crippen LogP contribution < -0.4 is 11.2 Å². The Kier molecular flexibility index (Phi) is 5.26. The lowest BCUT2D eigenvalue weighted by Crippen LogP contribution is -2.51. The lowest BCUT2D eigenvalue weighted by atomic mass is 10.3. The summed E-state index contributed by atoms with van der Waals surface area (Å²) in [7, 11) is 5.62. The van der Waals surface area contributed by atoms with E-state index in [2.05, 4.69) is 0 Å². The maximum absolute atomic E-state index is 11.1. The Labute approximate surface area is 130 Å². The first-order valence-electron chi connectivity index (χ1n) is 6.07. The number of halogens is 1. The number of nitrogens with zero attached hydrogens (tertiary/aromatic N) is 4. The van der Waals surface area contributed by atoms with Gasteiger partial charge in [0.15, 0.2) is 0 Å². The van der Waals surface area contributed by atoms with Gasteiger partial charge < -0.3 is 0 Å². The standard InChI is InChI=1S/C6H7ClN2O2.C6H8N2O3/c1-8-4(7)3-5(10)9(2)6(8)11;1-7-4(9)3-5(10)8(2)6(7)11/h3H,1-2H3;3H2,1-2H3. The number of carbonyl (C=O) groups is 3. The molecule has 0 aliphatic carbocycles. The quantitative estimate of drug-likeness (QED) is 0.456. The number of hydrogen-bond acceptors (Lipinski definition) is 5. The molecule has 1 aliphatic rings. The molecule has 0 N–H and O–H groups in total. The smallest absolute Gasteiger partial charge is 0.287 e. The number of urea groups is 1. The summed E-state index contributed by atoms with van der Waals surface area (Å²) in [5.41, 5.74) is -0.805.